The number of hydrogen-bond donors (Lipinski definition) is 2. The van der Waals surface area contributed by atoms with Crippen molar-refractivity contribution >= 4 is 23.2 Å². The number of nitrogens with one attached hydrogen (secondary N) is 2. The fraction of sp³-hybridized carbons (Fsp3) is 0.294. The number of fused-ring (bicyclic) bond motifs is 1. The molecule has 0 bridgehead atoms. The average Bonchev–Trinajstić information content (AvgIpc) is 2.50. The van der Waals surface area contributed by atoms with Crippen LogP contribution in [0.2, 0.25) is 5.02 Å². The van der Waals surface area contributed by atoms with Crippen LogP contribution < -0.4 is 10.9 Å². The van der Waals surface area contributed by atoms with Gasteiger partial charge in [0.15, 0.2) is 0 Å². The molecule has 0 atom stereocenters. The Morgan fingerprint density at radius 1 is 1.23 bits per heavy atom. The van der Waals surface area contributed by atoms with E-state index in [1.54, 1.807) is 18.2 Å². The molecule has 2 aromatic rings. The van der Waals surface area contributed by atoms with Gasteiger partial charge in [0, 0.05) is 16.4 Å². The topological polar surface area (TPSA) is 62.0 Å². The molecule has 0 saturated carbocycles. The van der Waals surface area contributed by atoms with Crippen LogP contribution in [0.4, 0.5) is 5.69 Å². The average molecular weight is 317 g/mol. The highest BCUT2D eigenvalue weighted by atomic mass is 35.5. The molecule has 0 fully saturated rings. The summed E-state index contributed by atoms with van der Waals surface area (Å²) >= 11 is 5.95. The van der Waals surface area contributed by atoms with Crippen molar-refractivity contribution in [2.24, 2.45) is 0 Å². The zero-order valence-electron chi connectivity index (χ0n) is 12.3. The maximum atomic E-state index is 12.4. The molecule has 1 aromatic heterocycles. The van der Waals surface area contributed by atoms with Crippen molar-refractivity contribution in [3.63, 3.8) is 0 Å². The largest absolute Gasteiger partial charge is 0.325 e. The van der Waals surface area contributed by atoms with E-state index >= 15 is 0 Å². The number of aromatic nitrogens is 1. The molecular formula is C17H17ClN2O2. The van der Waals surface area contributed by atoms with Crippen LogP contribution in [0.15, 0.2) is 29.1 Å². The second-order valence-electron chi connectivity index (χ2n) is 5.64. The number of halogens is 1. The molecule has 5 heteroatoms. The molecule has 3 rings (SSSR count). The lowest BCUT2D eigenvalue weighted by Crippen LogP contribution is -2.26. The second-order valence-corrected chi connectivity index (χ2v) is 6.07. The van der Waals surface area contributed by atoms with Gasteiger partial charge in [-0.3, -0.25) is 9.59 Å². The molecule has 0 aliphatic heterocycles. The Bertz CT molecular complexity index is 796. The molecule has 1 aliphatic carbocycles. The summed E-state index contributed by atoms with van der Waals surface area (Å²) in [6.45, 7) is 1.88. The Labute approximate surface area is 133 Å². The van der Waals surface area contributed by atoms with Crippen molar-refractivity contribution in [3.05, 3.63) is 62.0 Å². The molecule has 1 aromatic carbocycles. The predicted molar refractivity (Wildman–Crippen MR) is 87.8 cm³/mol. The highest BCUT2D eigenvalue weighted by Crippen LogP contribution is 2.22. The van der Waals surface area contributed by atoms with Gasteiger partial charge in [-0.2, -0.15) is 0 Å². The van der Waals surface area contributed by atoms with Gasteiger partial charge in [0.1, 0.15) is 5.56 Å². The Morgan fingerprint density at radius 2 is 2.00 bits per heavy atom. The summed E-state index contributed by atoms with van der Waals surface area (Å²) in [5, 5.41) is 3.31. The molecule has 114 valence electrons. The number of pyridine rings is 1. The second kappa shape index (κ2) is 5.97. The van der Waals surface area contributed by atoms with Crippen LogP contribution in [-0.2, 0) is 12.8 Å². The number of aromatic amines is 1. The van der Waals surface area contributed by atoms with Gasteiger partial charge >= 0.3 is 0 Å². The van der Waals surface area contributed by atoms with E-state index in [-0.39, 0.29) is 11.1 Å². The number of aryl methyl sites for hydroxylation is 3. The quantitative estimate of drug-likeness (QED) is 0.891. The number of carbonyl (C=O) groups is 1. The van der Waals surface area contributed by atoms with Crippen molar-refractivity contribution in [2.75, 3.05) is 5.32 Å². The van der Waals surface area contributed by atoms with Crippen LogP contribution >= 0.6 is 11.6 Å². The van der Waals surface area contributed by atoms with Crippen LogP contribution in [-0.4, -0.2) is 10.9 Å². The van der Waals surface area contributed by atoms with Gasteiger partial charge in [-0.15, -0.1) is 0 Å². The predicted octanol–water partition coefficient (Wildman–Crippen LogP) is 3.47. The smallest absolute Gasteiger partial charge is 0.261 e. The molecule has 22 heavy (non-hydrogen) atoms. The highest BCUT2D eigenvalue weighted by Gasteiger charge is 2.17. The van der Waals surface area contributed by atoms with Gasteiger partial charge in [-0.25, -0.2) is 0 Å². The van der Waals surface area contributed by atoms with Gasteiger partial charge < -0.3 is 10.3 Å². The van der Waals surface area contributed by atoms with Crippen molar-refractivity contribution in [1.82, 2.24) is 4.98 Å². The van der Waals surface area contributed by atoms with E-state index in [0.717, 1.165) is 42.5 Å². The van der Waals surface area contributed by atoms with E-state index in [2.05, 4.69) is 10.3 Å². The van der Waals surface area contributed by atoms with Gasteiger partial charge in [-0.05, 0) is 61.9 Å². The minimum absolute atomic E-state index is 0.153. The van der Waals surface area contributed by atoms with E-state index < -0.39 is 5.91 Å². The van der Waals surface area contributed by atoms with E-state index in [0.29, 0.717) is 10.7 Å². The number of amides is 1. The van der Waals surface area contributed by atoms with Crippen LogP contribution in [0.1, 0.15) is 40.0 Å². The van der Waals surface area contributed by atoms with Gasteiger partial charge in [0.2, 0.25) is 0 Å². The molecule has 0 spiro atoms. The summed E-state index contributed by atoms with van der Waals surface area (Å²) in [5.74, 6) is -0.403. The van der Waals surface area contributed by atoms with E-state index in [1.807, 2.05) is 13.0 Å². The first kappa shape index (κ1) is 14.9. The number of anilines is 1. The Morgan fingerprint density at radius 3 is 2.82 bits per heavy atom. The third kappa shape index (κ3) is 2.92. The summed E-state index contributed by atoms with van der Waals surface area (Å²) in [6.07, 6.45) is 3.95. The molecule has 2 N–H and O–H groups in total. The maximum Gasteiger partial charge on any atom is 0.261 e. The molecule has 0 saturated heterocycles. The van der Waals surface area contributed by atoms with Gasteiger partial charge in [-0.1, -0.05) is 17.7 Å². The molecule has 4 nitrogen and oxygen atoms in total. The lowest BCUT2D eigenvalue weighted by atomic mass is 9.95. The molecule has 1 heterocycles. The number of rotatable bonds is 2. The summed E-state index contributed by atoms with van der Waals surface area (Å²) in [7, 11) is 0. The van der Waals surface area contributed by atoms with Crippen LogP contribution in [0.3, 0.4) is 0 Å². The van der Waals surface area contributed by atoms with Crippen molar-refractivity contribution in [2.45, 2.75) is 32.6 Å². The zero-order chi connectivity index (χ0) is 15.7. The zero-order valence-corrected chi connectivity index (χ0v) is 13.1. The Kier molecular flexibility index (Phi) is 4.03. The third-order valence-electron chi connectivity index (χ3n) is 4.03. The summed E-state index contributed by atoms with van der Waals surface area (Å²) in [5.41, 5.74) is 3.37. The first-order valence-corrected chi connectivity index (χ1v) is 7.75. The van der Waals surface area contributed by atoms with Crippen LogP contribution in [0.25, 0.3) is 0 Å². The van der Waals surface area contributed by atoms with Crippen molar-refractivity contribution in [1.29, 1.82) is 0 Å². The first-order valence-electron chi connectivity index (χ1n) is 7.37. The molecule has 1 aliphatic rings. The SMILES string of the molecule is Cc1ccc(Cl)cc1NC(=O)c1cc2c([nH]c1=O)CCCC2. The third-order valence-corrected chi connectivity index (χ3v) is 4.27. The summed E-state index contributed by atoms with van der Waals surface area (Å²) in [6, 6.07) is 7.00. The van der Waals surface area contributed by atoms with Crippen LogP contribution in [0, 0.1) is 6.92 Å². The summed E-state index contributed by atoms with van der Waals surface area (Å²) < 4.78 is 0. The summed E-state index contributed by atoms with van der Waals surface area (Å²) in [4.78, 5) is 27.4. The van der Waals surface area contributed by atoms with E-state index in [1.165, 1.54) is 0 Å². The maximum absolute atomic E-state index is 12.4. The minimum atomic E-state index is -0.403. The monoisotopic (exact) mass is 316 g/mol. The lowest BCUT2D eigenvalue weighted by Gasteiger charge is -2.16. The standard InChI is InChI=1S/C17H17ClN2O2/c1-10-6-7-12(18)9-15(10)20-17(22)13-8-11-4-2-3-5-14(11)19-16(13)21/h6-9H,2-5H2,1H3,(H,19,21)(H,20,22). The Balaban J connectivity index is 1.92. The van der Waals surface area contributed by atoms with Crippen molar-refractivity contribution in [3.8, 4) is 0 Å². The molecule has 0 unspecified atom stereocenters. The fourth-order valence-electron chi connectivity index (χ4n) is 2.76. The number of carbonyl (C=O) groups excluding carboxylic acids is 1. The minimum Gasteiger partial charge on any atom is -0.325 e. The number of hydrogen-bond acceptors (Lipinski definition) is 2. The van der Waals surface area contributed by atoms with E-state index in [9.17, 15) is 9.59 Å². The molecule has 1 amide bonds. The number of H-pyrrole nitrogens is 1. The molecular weight excluding hydrogens is 300 g/mol. The van der Waals surface area contributed by atoms with Crippen molar-refractivity contribution < 1.29 is 4.79 Å². The molecule has 0 radical (unpaired) electrons. The van der Waals surface area contributed by atoms with Crippen LogP contribution in [0.5, 0.6) is 0 Å². The fourth-order valence-corrected chi connectivity index (χ4v) is 2.93. The van der Waals surface area contributed by atoms with Gasteiger partial charge in [0.05, 0.1) is 0 Å². The van der Waals surface area contributed by atoms with E-state index in [4.69, 9.17) is 11.6 Å². The first-order chi connectivity index (χ1) is 10.5. The lowest BCUT2D eigenvalue weighted by molar-refractivity contribution is 0.102. The Hall–Kier alpha value is -2.07. The normalized spacial score (nSPS) is 13.5. The van der Waals surface area contributed by atoms with Gasteiger partial charge in [0.25, 0.3) is 11.5 Å². The number of benzene rings is 1. The highest BCUT2D eigenvalue weighted by molar-refractivity contribution is 6.31.